The van der Waals surface area contributed by atoms with Gasteiger partial charge in [-0.05, 0) is 51.6 Å². The SMILES string of the molecule is CCNC(=NCC1(N2CCCCC2)CCCCC1)NCC(C)CO.I. The van der Waals surface area contributed by atoms with E-state index in [4.69, 9.17) is 4.99 Å². The minimum Gasteiger partial charge on any atom is -0.396 e. The number of halogens is 1. The van der Waals surface area contributed by atoms with Gasteiger partial charge in [0.1, 0.15) is 0 Å². The molecule has 0 aromatic rings. The smallest absolute Gasteiger partial charge is 0.191 e. The number of guanidine groups is 1. The van der Waals surface area contributed by atoms with Crippen molar-refractivity contribution in [1.82, 2.24) is 15.5 Å². The quantitative estimate of drug-likeness (QED) is 0.307. The van der Waals surface area contributed by atoms with Gasteiger partial charge in [0, 0.05) is 25.2 Å². The summed E-state index contributed by atoms with van der Waals surface area (Å²) in [5, 5.41) is 16.0. The molecule has 1 saturated heterocycles. The number of aliphatic hydroxyl groups excluding tert-OH is 1. The van der Waals surface area contributed by atoms with Crippen molar-refractivity contribution in [2.24, 2.45) is 10.9 Å². The molecule has 25 heavy (non-hydrogen) atoms. The van der Waals surface area contributed by atoms with E-state index in [2.05, 4.69) is 22.5 Å². The molecule has 0 spiro atoms. The van der Waals surface area contributed by atoms with E-state index in [9.17, 15) is 5.11 Å². The van der Waals surface area contributed by atoms with E-state index in [0.717, 1.165) is 25.6 Å². The van der Waals surface area contributed by atoms with Gasteiger partial charge in [0.15, 0.2) is 5.96 Å². The highest BCUT2D eigenvalue weighted by molar-refractivity contribution is 14.0. The molecule has 2 aliphatic rings. The molecule has 148 valence electrons. The molecule has 5 nitrogen and oxygen atoms in total. The Kier molecular flexibility index (Phi) is 11.3. The third-order valence-corrected chi connectivity index (χ3v) is 5.62. The monoisotopic (exact) mass is 466 g/mol. The van der Waals surface area contributed by atoms with Crippen molar-refractivity contribution in [2.45, 2.75) is 70.8 Å². The first-order valence-corrected chi connectivity index (χ1v) is 10.1. The zero-order chi connectivity index (χ0) is 17.3. The highest BCUT2D eigenvalue weighted by Crippen LogP contribution is 2.35. The van der Waals surface area contributed by atoms with Crippen LogP contribution in [-0.2, 0) is 0 Å². The summed E-state index contributed by atoms with van der Waals surface area (Å²) in [5.74, 6) is 1.15. The van der Waals surface area contributed by atoms with E-state index in [-0.39, 0.29) is 42.0 Å². The Morgan fingerprint density at radius 3 is 2.32 bits per heavy atom. The minimum absolute atomic E-state index is 0. The predicted octanol–water partition coefficient (Wildman–Crippen LogP) is 2.98. The molecule has 0 amide bonds. The van der Waals surface area contributed by atoms with Gasteiger partial charge in [-0.3, -0.25) is 9.89 Å². The van der Waals surface area contributed by atoms with Gasteiger partial charge in [-0.2, -0.15) is 0 Å². The van der Waals surface area contributed by atoms with E-state index in [0.29, 0.717) is 0 Å². The van der Waals surface area contributed by atoms with Gasteiger partial charge >= 0.3 is 0 Å². The van der Waals surface area contributed by atoms with Crippen LogP contribution >= 0.6 is 24.0 Å². The van der Waals surface area contributed by atoms with Crippen molar-refractivity contribution < 1.29 is 5.11 Å². The molecule has 6 heteroatoms. The first-order chi connectivity index (χ1) is 11.7. The molecule has 1 heterocycles. The summed E-state index contributed by atoms with van der Waals surface area (Å²) in [4.78, 5) is 7.71. The zero-order valence-corrected chi connectivity index (χ0v) is 18.6. The molecule has 1 aliphatic carbocycles. The Bertz CT molecular complexity index is 380. The summed E-state index contributed by atoms with van der Waals surface area (Å²) >= 11 is 0. The summed E-state index contributed by atoms with van der Waals surface area (Å²) in [6.45, 7) is 9.40. The number of aliphatic hydroxyl groups is 1. The highest BCUT2D eigenvalue weighted by atomic mass is 127. The molecule has 1 aliphatic heterocycles. The van der Waals surface area contributed by atoms with Crippen molar-refractivity contribution in [3.05, 3.63) is 0 Å². The summed E-state index contributed by atoms with van der Waals surface area (Å²) in [7, 11) is 0. The van der Waals surface area contributed by atoms with Crippen molar-refractivity contribution >= 4 is 29.9 Å². The van der Waals surface area contributed by atoms with Crippen molar-refractivity contribution in [3.63, 3.8) is 0 Å². The fourth-order valence-corrected chi connectivity index (χ4v) is 4.06. The molecule has 2 fully saturated rings. The molecular formula is C19H39IN4O. The molecule has 0 aromatic carbocycles. The van der Waals surface area contributed by atoms with E-state index >= 15 is 0 Å². The average Bonchev–Trinajstić information content (AvgIpc) is 2.65. The Morgan fingerprint density at radius 2 is 1.72 bits per heavy atom. The van der Waals surface area contributed by atoms with Crippen LogP contribution in [0, 0.1) is 5.92 Å². The van der Waals surface area contributed by atoms with Gasteiger partial charge < -0.3 is 15.7 Å². The first kappa shape index (κ1) is 23.0. The summed E-state index contributed by atoms with van der Waals surface area (Å²) in [6, 6.07) is 0. The lowest BCUT2D eigenvalue weighted by atomic mass is 9.79. The van der Waals surface area contributed by atoms with Crippen LogP contribution in [0.1, 0.15) is 65.2 Å². The van der Waals surface area contributed by atoms with Crippen molar-refractivity contribution in [3.8, 4) is 0 Å². The fourth-order valence-electron chi connectivity index (χ4n) is 4.06. The number of piperidine rings is 1. The number of hydrogen-bond acceptors (Lipinski definition) is 3. The number of aliphatic imine (C=N–C) groups is 1. The molecule has 0 aromatic heterocycles. The second-order valence-electron chi connectivity index (χ2n) is 7.70. The molecular weight excluding hydrogens is 427 g/mol. The summed E-state index contributed by atoms with van der Waals surface area (Å²) in [6.07, 6.45) is 10.7. The molecule has 0 radical (unpaired) electrons. The van der Waals surface area contributed by atoms with E-state index in [1.165, 1.54) is 64.5 Å². The van der Waals surface area contributed by atoms with Crippen LogP contribution in [0.3, 0.4) is 0 Å². The molecule has 3 N–H and O–H groups in total. The topological polar surface area (TPSA) is 59.9 Å². The average molecular weight is 466 g/mol. The third kappa shape index (κ3) is 7.21. The Morgan fingerprint density at radius 1 is 1.08 bits per heavy atom. The van der Waals surface area contributed by atoms with Crippen LogP contribution in [0.15, 0.2) is 4.99 Å². The number of nitrogens with zero attached hydrogens (tertiary/aromatic N) is 2. The normalized spacial score (nSPS) is 22.8. The maximum absolute atomic E-state index is 9.22. The van der Waals surface area contributed by atoms with Crippen LogP contribution < -0.4 is 10.6 Å². The second kappa shape index (κ2) is 12.3. The Balaban J connectivity index is 0.00000312. The maximum Gasteiger partial charge on any atom is 0.191 e. The van der Waals surface area contributed by atoms with Gasteiger partial charge in [0.2, 0.25) is 0 Å². The van der Waals surface area contributed by atoms with Crippen molar-refractivity contribution in [1.29, 1.82) is 0 Å². The fraction of sp³-hybridized carbons (Fsp3) is 0.947. The molecule has 2 rings (SSSR count). The Hall–Kier alpha value is -0.0800. The number of likely N-dealkylation sites (tertiary alicyclic amines) is 1. The highest BCUT2D eigenvalue weighted by Gasteiger charge is 2.38. The summed E-state index contributed by atoms with van der Waals surface area (Å²) < 4.78 is 0. The van der Waals surface area contributed by atoms with Crippen LogP contribution in [0.25, 0.3) is 0 Å². The largest absolute Gasteiger partial charge is 0.396 e. The lowest BCUT2D eigenvalue weighted by Gasteiger charge is -2.47. The predicted molar refractivity (Wildman–Crippen MR) is 117 cm³/mol. The van der Waals surface area contributed by atoms with Crippen molar-refractivity contribution in [2.75, 3.05) is 39.3 Å². The molecule has 0 bridgehead atoms. The third-order valence-electron chi connectivity index (χ3n) is 5.62. The lowest BCUT2D eigenvalue weighted by Crippen LogP contribution is -2.54. The van der Waals surface area contributed by atoms with Gasteiger partial charge in [0.05, 0.1) is 6.54 Å². The van der Waals surface area contributed by atoms with Crippen LogP contribution in [0.4, 0.5) is 0 Å². The van der Waals surface area contributed by atoms with Gasteiger partial charge in [-0.25, -0.2) is 0 Å². The lowest BCUT2D eigenvalue weighted by molar-refractivity contribution is 0.0407. The zero-order valence-electron chi connectivity index (χ0n) is 16.2. The summed E-state index contributed by atoms with van der Waals surface area (Å²) in [5.41, 5.74) is 0.281. The first-order valence-electron chi connectivity index (χ1n) is 10.1. The minimum atomic E-state index is 0. The number of nitrogens with one attached hydrogen (secondary N) is 2. The molecule has 1 unspecified atom stereocenters. The van der Waals surface area contributed by atoms with Crippen LogP contribution in [0.2, 0.25) is 0 Å². The van der Waals surface area contributed by atoms with E-state index in [1.807, 2.05) is 6.92 Å². The molecule has 1 saturated carbocycles. The van der Waals surface area contributed by atoms with Gasteiger partial charge in [0.25, 0.3) is 0 Å². The van der Waals surface area contributed by atoms with Gasteiger partial charge in [-0.15, -0.1) is 24.0 Å². The Labute approximate surface area is 171 Å². The van der Waals surface area contributed by atoms with Gasteiger partial charge in [-0.1, -0.05) is 32.6 Å². The van der Waals surface area contributed by atoms with E-state index in [1.54, 1.807) is 0 Å². The van der Waals surface area contributed by atoms with Crippen LogP contribution in [0.5, 0.6) is 0 Å². The number of rotatable bonds is 7. The maximum atomic E-state index is 9.22. The number of hydrogen-bond donors (Lipinski definition) is 3. The van der Waals surface area contributed by atoms with Crippen LogP contribution in [-0.4, -0.2) is 60.8 Å². The second-order valence-corrected chi connectivity index (χ2v) is 7.70. The van der Waals surface area contributed by atoms with E-state index < -0.39 is 0 Å². The molecule has 1 atom stereocenters. The standard InChI is InChI=1S/C19H38N4O.HI/c1-3-20-18(21-14-17(2)15-24)22-16-19(10-6-4-7-11-19)23-12-8-5-9-13-23;/h17,24H,3-16H2,1-2H3,(H2,20,21,22);1H.